The Hall–Kier alpha value is -2.64. The first kappa shape index (κ1) is 19.7. The number of hydrogen-bond acceptors (Lipinski definition) is 4. The molecule has 0 spiro atoms. The van der Waals surface area contributed by atoms with Crippen molar-refractivity contribution in [1.29, 1.82) is 0 Å². The van der Waals surface area contributed by atoms with Crippen molar-refractivity contribution in [1.82, 2.24) is 0 Å². The lowest BCUT2D eigenvalue weighted by molar-refractivity contribution is 0.102. The molecule has 29 heavy (non-hydrogen) atoms. The third-order valence-corrected chi connectivity index (χ3v) is 5.57. The highest BCUT2D eigenvalue weighted by Crippen LogP contribution is 2.37. The van der Waals surface area contributed by atoms with Gasteiger partial charge in [-0.2, -0.15) is 0 Å². The van der Waals surface area contributed by atoms with Crippen LogP contribution >= 0.6 is 31.9 Å². The quantitative estimate of drug-likeness (QED) is 0.467. The molecule has 0 aliphatic carbocycles. The van der Waals surface area contributed by atoms with Crippen molar-refractivity contribution in [2.75, 3.05) is 18.5 Å². The van der Waals surface area contributed by atoms with Crippen molar-refractivity contribution in [3.8, 4) is 11.5 Å². The fraction of sp³-hybridized carbons (Fsp3) is 0.0909. The molecule has 0 fully saturated rings. The zero-order chi connectivity index (χ0) is 20.4. The molecule has 0 atom stereocenters. The molecule has 1 aliphatic heterocycles. The Bertz CT molecular complexity index is 1110. The van der Waals surface area contributed by atoms with E-state index in [2.05, 4.69) is 37.2 Å². The van der Waals surface area contributed by atoms with Crippen LogP contribution in [-0.2, 0) is 0 Å². The Morgan fingerprint density at radius 1 is 0.828 bits per heavy atom. The second kappa shape index (κ2) is 8.39. The van der Waals surface area contributed by atoms with Crippen LogP contribution in [0.3, 0.4) is 0 Å². The van der Waals surface area contributed by atoms with E-state index in [4.69, 9.17) is 9.47 Å². The molecule has 1 heterocycles. The van der Waals surface area contributed by atoms with Gasteiger partial charge in [0.15, 0.2) is 17.3 Å². The summed E-state index contributed by atoms with van der Waals surface area (Å²) < 4.78 is 12.7. The number of benzene rings is 3. The minimum absolute atomic E-state index is 0.231. The minimum atomic E-state index is -0.336. The van der Waals surface area contributed by atoms with Gasteiger partial charge >= 0.3 is 0 Å². The van der Waals surface area contributed by atoms with Gasteiger partial charge < -0.3 is 14.8 Å². The molecular formula is C22H15Br2NO4. The summed E-state index contributed by atoms with van der Waals surface area (Å²) >= 11 is 6.77. The summed E-state index contributed by atoms with van der Waals surface area (Å²) in [6.45, 7) is 0.809. The number of anilines is 1. The van der Waals surface area contributed by atoms with E-state index in [1.165, 1.54) is 0 Å². The van der Waals surface area contributed by atoms with Gasteiger partial charge in [0.05, 0.1) is 16.8 Å². The number of nitrogens with one attached hydrogen (secondary N) is 1. The zero-order valence-electron chi connectivity index (χ0n) is 15.1. The summed E-state index contributed by atoms with van der Waals surface area (Å²) in [5, 5.41) is 2.85. The van der Waals surface area contributed by atoms with Crippen LogP contribution in [-0.4, -0.2) is 24.9 Å². The Morgan fingerprint density at radius 3 is 2.28 bits per heavy atom. The number of hydrogen-bond donors (Lipinski definition) is 1. The molecule has 0 bridgehead atoms. The highest BCUT2D eigenvalue weighted by Gasteiger charge is 2.23. The van der Waals surface area contributed by atoms with Gasteiger partial charge in [0.2, 0.25) is 0 Å². The first-order chi connectivity index (χ1) is 14.0. The van der Waals surface area contributed by atoms with Crippen LogP contribution in [0.1, 0.15) is 26.3 Å². The van der Waals surface area contributed by atoms with Crippen molar-refractivity contribution < 1.29 is 19.1 Å². The topological polar surface area (TPSA) is 64.6 Å². The van der Waals surface area contributed by atoms with Crippen LogP contribution in [0, 0.1) is 0 Å². The average molecular weight is 517 g/mol. The molecule has 0 saturated heterocycles. The van der Waals surface area contributed by atoms with Gasteiger partial charge in [0, 0.05) is 20.6 Å². The van der Waals surface area contributed by atoms with Crippen LogP contribution in [0.15, 0.2) is 69.6 Å². The second-order valence-corrected chi connectivity index (χ2v) is 8.08. The van der Waals surface area contributed by atoms with Crippen molar-refractivity contribution in [2.24, 2.45) is 0 Å². The third-order valence-electron chi connectivity index (χ3n) is 4.38. The lowest BCUT2D eigenvalue weighted by Gasteiger charge is -2.21. The number of rotatable bonds is 4. The van der Waals surface area contributed by atoms with Gasteiger partial charge in [-0.1, -0.05) is 40.2 Å². The zero-order valence-corrected chi connectivity index (χ0v) is 18.2. The highest BCUT2D eigenvalue weighted by molar-refractivity contribution is 9.10. The van der Waals surface area contributed by atoms with Crippen molar-refractivity contribution >= 4 is 49.2 Å². The Kier molecular flexibility index (Phi) is 5.69. The lowest BCUT2D eigenvalue weighted by Crippen LogP contribution is -2.19. The number of ketones is 1. The van der Waals surface area contributed by atoms with Crippen LogP contribution in [0.5, 0.6) is 11.5 Å². The summed E-state index contributed by atoms with van der Waals surface area (Å²) in [6, 6.07) is 17.4. The Labute approximate surface area is 184 Å². The van der Waals surface area contributed by atoms with E-state index in [9.17, 15) is 9.59 Å². The standard InChI is InChI=1S/C22H15Br2NO4/c23-14-5-3-4-13(10-14)21(26)16-11-19-20(29-9-8-28-19)12-18(16)25-22(27)15-6-1-2-7-17(15)24/h1-7,10-12H,8-9H2,(H,25,27). The van der Waals surface area contributed by atoms with Gasteiger partial charge in [-0.3, -0.25) is 9.59 Å². The highest BCUT2D eigenvalue weighted by atomic mass is 79.9. The first-order valence-electron chi connectivity index (χ1n) is 8.83. The van der Waals surface area contributed by atoms with Gasteiger partial charge in [-0.05, 0) is 46.3 Å². The van der Waals surface area contributed by atoms with Gasteiger partial charge in [0.25, 0.3) is 5.91 Å². The Morgan fingerprint density at radius 2 is 1.55 bits per heavy atom. The predicted molar refractivity (Wildman–Crippen MR) is 117 cm³/mol. The molecule has 3 aromatic carbocycles. The van der Waals surface area contributed by atoms with E-state index >= 15 is 0 Å². The van der Waals surface area contributed by atoms with E-state index in [-0.39, 0.29) is 11.7 Å². The summed E-state index contributed by atoms with van der Waals surface area (Å²) in [4.78, 5) is 26.0. The summed E-state index contributed by atoms with van der Waals surface area (Å²) in [5.41, 5.74) is 1.64. The van der Waals surface area contributed by atoms with Crippen molar-refractivity contribution in [3.05, 3.63) is 86.3 Å². The van der Waals surface area contributed by atoms with Gasteiger partial charge in [-0.25, -0.2) is 0 Å². The van der Waals surface area contributed by atoms with Crippen LogP contribution in [0.4, 0.5) is 5.69 Å². The van der Waals surface area contributed by atoms with Crippen molar-refractivity contribution in [2.45, 2.75) is 0 Å². The molecule has 0 saturated carbocycles. The van der Waals surface area contributed by atoms with E-state index < -0.39 is 0 Å². The van der Waals surface area contributed by atoms with Crippen molar-refractivity contribution in [3.63, 3.8) is 0 Å². The lowest BCUT2D eigenvalue weighted by atomic mass is 10.0. The molecular weight excluding hydrogens is 502 g/mol. The van der Waals surface area contributed by atoms with Crippen LogP contribution in [0.2, 0.25) is 0 Å². The number of carbonyl (C=O) groups is 2. The number of amides is 1. The number of halogens is 2. The summed E-state index contributed by atoms with van der Waals surface area (Å²) in [7, 11) is 0. The molecule has 0 radical (unpaired) electrons. The molecule has 4 rings (SSSR count). The van der Waals surface area contributed by atoms with E-state index in [1.54, 1.807) is 48.5 Å². The molecule has 1 amide bonds. The maximum atomic E-state index is 13.2. The molecule has 1 N–H and O–H groups in total. The third kappa shape index (κ3) is 4.21. The molecule has 0 aromatic heterocycles. The second-order valence-electron chi connectivity index (χ2n) is 6.31. The summed E-state index contributed by atoms with van der Waals surface area (Å²) in [5.74, 6) is 0.404. The largest absolute Gasteiger partial charge is 0.486 e. The smallest absolute Gasteiger partial charge is 0.256 e. The Balaban J connectivity index is 1.76. The minimum Gasteiger partial charge on any atom is -0.486 e. The monoisotopic (exact) mass is 515 g/mol. The molecule has 7 heteroatoms. The molecule has 146 valence electrons. The van der Waals surface area contributed by atoms with Gasteiger partial charge in [-0.15, -0.1) is 0 Å². The van der Waals surface area contributed by atoms with Crippen LogP contribution < -0.4 is 14.8 Å². The fourth-order valence-electron chi connectivity index (χ4n) is 3.00. The normalized spacial score (nSPS) is 12.3. The maximum absolute atomic E-state index is 13.2. The number of ether oxygens (including phenoxy) is 2. The maximum Gasteiger partial charge on any atom is 0.256 e. The first-order valence-corrected chi connectivity index (χ1v) is 10.4. The SMILES string of the molecule is O=C(Nc1cc2c(cc1C(=O)c1cccc(Br)c1)OCCO2)c1ccccc1Br. The van der Waals surface area contributed by atoms with E-state index in [0.29, 0.717) is 51.6 Å². The fourth-order valence-corrected chi connectivity index (χ4v) is 3.86. The number of fused-ring (bicyclic) bond motifs is 1. The van der Waals surface area contributed by atoms with E-state index in [0.717, 1.165) is 4.47 Å². The number of carbonyl (C=O) groups excluding carboxylic acids is 2. The van der Waals surface area contributed by atoms with Gasteiger partial charge in [0.1, 0.15) is 13.2 Å². The van der Waals surface area contributed by atoms with Crippen LogP contribution in [0.25, 0.3) is 0 Å². The summed E-state index contributed by atoms with van der Waals surface area (Å²) in [6.07, 6.45) is 0. The average Bonchev–Trinajstić information content (AvgIpc) is 2.73. The predicted octanol–water partition coefficient (Wildman–Crippen LogP) is 5.47. The molecule has 5 nitrogen and oxygen atoms in total. The molecule has 0 unspecified atom stereocenters. The molecule has 3 aromatic rings. The molecule has 1 aliphatic rings. The van der Waals surface area contributed by atoms with E-state index in [1.807, 2.05) is 12.1 Å².